The minimum absolute atomic E-state index is 0.0131. The molecule has 7 nitrogen and oxygen atoms in total. The number of halogens is 1. The third-order valence-corrected chi connectivity index (χ3v) is 6.00. The maximum Gasteiger partial charge on any atom is 0.240 e. The normalized spacial score (nSPS) is 18.9. The first-order valence-electron chi connectivity index (χ1n) is 8.37. The van der Waals surface area contributed by atoms with Crippen molar-refractivity contribution in [2.45, 2.75) is 11.3 Å². The van der Waals surface area contributed by atoms with Gasteiger partial charge >= 0.3 is 0 Å². The molecular formula is C18H17FN2O5S. The van der Waals surface area contributed by atoms with Gasteiger partial charge in [-0.15, -0.1) is 0 Å². The van der Waals surface area contributed by atoms with Crippen molar-refractivity contribution in [1.29, 1.82) is 0 Å². The van der Waals surface area contributed by atoms with E-state index in [1.807, 2.05) is 0 Å². The SMILES string of the molecule is O=C1CC(CNS(=O)(=O)c2ccc(F)cc2)CN1c1ccc2c(c1)OCO2. The Bertz CT molecular complexity index is 978. The number of hydrogen-bond acceptors (Lipinski definition) is 5. The highest BCUT2D eigenvalue weighted by Crippen LogP contribution is 2.37. The van der Waals surface area contributed by atoms with Crippen molar-refractivity contribution in [3.63, 3.8) is 0 Å². The molecule has 2 aliphatic heterocycles. The van der Waals surface area contributed by atoms with Crippen molar-refractivity contribution in [3.05, 3.63) is 48.3 Å². The van der Waals surface area contributed by atoms with E-state index in [4.69, 9.17) is 9.47 Å². The predicted molar refractivity (Wildman–Crippen MR) is 94.6 cm³/mol. The number of ether oxygens (including phenoxy) is 2. The minimum Gasteiger partial charge on any atom is -0.454 e. The number of sulfonamides is 1. The second-order valence-corrected chi connectivity index (χ2v) is 8.18. The molecule has 0 spiro atoms. The van der Waals surface area contributed by atoms with Gasteiger partial charge in [0.2, 0.25) is 22.7 Å². The summed E-state index contributed by atoms with van der Waals surface area (Å²) < 4.78 is 50.7. The summed E-state index contributed by atoms with van der Waals surface area (Å²) >= 11 is 0. The summed E-state index contributed by atoms with van der Waals surface area (Å²) in [6.45, 7) is 0.664. The molecule has 4 rings (SSSR count). The van der Waals surface area contributed by atoms with Gasteiger partial charge in [0.05, 0.1) is 4.90 Å². The number of hydrogen-bond donors (Lipinski definition) is 1. The van der Waals surface area contributed by atoms with Crippen LogP contribution in [-0.2, 0) is 14.8 Å². The molecule has 1 fully saturated rings. The van der Waals surface area contributed by atoms with E-state index in [1.54, 1.807) is 23.1 Å². The van der Waals surface area contributed by atoms with Gasteiger partial charge in [0.25, 0.3) is 0 Å². The van der Waals surface area contributed by atoms with Crippen LogP contribution < -0.4 is 19.1 Å². The lowest BCUT2D eigenvalue weighted by Gasteiger charge is -2.17. The van der Waals surface area contributed by atoms with Gasteiger partial charge in [0.15, 0.2) is 11.5 Å². The number of nitrogens with one attached hydrogen (secondary N) is 1. The second-order valence-electron chi connectivity index (χ2n) is 6.42. The van der Waals surface area contributed by atoms with Crippen molar-refractivity contribution in [2.75, 3.05) is 24.8 Å². The van der Waals surface area contributed by atoms with E-state index >= 15 is 0 Å². The van der Waals surface area contributed by atoms with E-state index in [1.165, 1.54) is 12.1 Å². The average molecular weight is 392 g/mol. The van der Waals surface area contributed by atoms with Crippen LogP contribution in [0.4, 0.5) is 10.1 Å². The summed E-state index contributed by atoms with van der Waals surface area (Å²) in [5.41, 5.74) is 0.688. The van der Waals surface area contributed by atoms with Crippen molar-refractivity contribution >= 4 is 21.6 Å². The number of carbonyl (C=O) groups is 1. The molecule has 9 heteroatoms. The van der Waals surface area contributed by atoms with Crippen molar-refractivity contribution in [2.24, 2.45) is 5.92 Å². The van der Waals surface area contributed by atoms with Crippen molar-refractivity contribution in [3.8, 4) is 11.5 Å². The van der Waals surface area contributed by atoms with Crippen molar-refractivity contribution in [1.82, 2.24) is 4.72 Å². The Labute approximate surface area is 155 Å². The number of amides is 1. The summed E-state index contributed by atoms with van der Waals surface area (Å²) in [6.07, 6.45) is 0.236. The van der Waals surface area contributed by atoms with Crippen LogP contribution in [-0.4, -0.2) is 34.2 Å². The quantitative estimate of drug-likeness (QED) is 0.840. The number of nitrogens with zero attached hydrogens (tertiary/aromatic N) is 1. The monoisotopic (exact) mass is 392 g/mol. The van der Waals surface area contributed by atoms with Crippen LogP contribution in [0.2, 0.25) is 0 Å². The lowest BCUT2D eigenvalue weighted by atomic mass is 10.1. The molecule has 1 N–H and O–H groups in total. The highest BCUT2D eigenvalue weighted by molar-refractivity contribution is 7.89. The Kier molecular flexibility index (Phi) is 4.48. The molecule has 0 bridgehead atoms. The van der Waals surface area contributed by atoms with Gasteiger partial charge in [-0.1, -0.05) is 0 Å². The fourth-order valence-electron chi connectivity index (χ4n) is 3.15. The van der Waals surface area contributed by atoms with Crippen LogP contribution in [0.5, 0.6) is 11.5 Å². The maximum atomic E-state index is 13.0. The third-order valence-electron chi connectivity index (χ3n) is 4.56. The summed E-state index contributed by atoms with van der Waals surface area (Å²) in [4.78, 5) is 13.9. The Hall–Kier alpha value is -2.65. The van der Waals surface area contributed by atoms with Gasteiger partial charge in [-0.3, -0.25) is 4.79 Å². The molecule has 142 valence electrons. The molecule has 2 aliphatic rings. The molecule has 2 heterocycles. The van der Waals surface area contributed by atoms with E-state index < -0.39 is 15.8 Å². The number of benzene rings is 2. The largest absolute Gasteiger partial charge is 0.454 e. The molecule has 2 aromatic carbocycles. The Morgan fingerprint density at radius 1 is 1.11 bits per heavy atom. The molecule has 1 atom stereocenters. The van der Waals surface area contributed by atoms with Gasteiger partial charge < -0.3 is 14.4 Å². The highest BCUT2D eigenvalue weighted by atomic mass is 32.2. The molecule has 0 saturated carbocycles. The summed E-state index contributed by atoms with van der Waals surface area (Å²) in [5, 5.41) is 0. The highest BCUT2D eigenvalue weighted by Gasteiger charge is 2.32. The second kappa shape index (κ2) is 6.82. The van der Waals surface area contributed by atoms with Gasteiger partial charge in [0.1, 0.15) is 5.82 Å². The van der Waals surface area contributed by atoms with Crippen LogP contribution in [0.3, 0.4) is 0 Å². The average Bonchev–Trinajstić information content (AvgIpc) is 3.26. The minimum atomic E-state index is -3.76. The summed E-state index contributed by atoms with van der Waals surface area (Å²) in [7, 11) is -3.76. The summed E-state index contributed by atoms with van der Waals surface area (Å²) in [6, 6.07) is 9.86. The number of carbonyl (C=O) groups excluding carboxylic acids is 1. The Morgan fingerprint density at radius 3 is 2.63 bits per heavy atom. The van der Waals surface area contributed by atoms with Crippen LogP contribution in [0, 0.1) is 11.7 Å². The molecule has 1 amide bonds. The van der Waals surface area contributed by atoms with E-state index in [2.05, 4.69) is 4.72 Å². The lowest BCUT2D eigenvalue weighted by molar-refractivity contribution is -0.117. The number of fused-ring (bicyclic) bond motifs is 1. The van der Waals surface area contributed by atoms with E-state index in [0.29, 0.717) is 23.7 Å². The molecule has 27 heavy (non-hydrogen) atoms. The van der Waals surface area contributed by atoms with Gasteiger partial charge in [-0.05, 0) is 42.3 Å². The molecule has 1 unspecified atom stereocenters. The van der Waals surface area contributed by atoms with Gasteiger partial charge in [0, 0.05) is 31.3 Å². The van der Waals surface area contributed by atoms with Crippen LogP contribution >= 0.6 is 0 Å². The first-order chi connectivity index (χ1) is 12.9. The first-order valence-corrected chi connectivity index (χ1v) is 9.86. The zero-order valence-electron chi connectivity index (χ0n) is 14.2. The maximum absolute atomic E-state index is 13.0. The van der Waals surface area contributed by atoms with Crippen LogP contribution in [0.25, 0.3) is 0 Å². The molecule has 0 aliphatic carbocycles. The van der Waals surface area contributed by atoms with Crippen LogP contribution in [0.15, 0.2) is 47.4 Å². The standard InChI is InChI=1S/C18H17FN2O5S/c19-13-1-4-15(5-2-13)27(23,24)20-9-12-7-18(22)21(10-12)14-3-6-16-17(8-14)26-11-25-16/h1-6,8,12,20H,7,9-11H2. The first kappa shape index (κ1) is 17.7. The van der Waals surface area contributed by atoms with Gasteiger partial charge in [-0.25, -0.2) is 17.5 Å². The smallest absolute Gasteiger partial charge is 0.240 e. The van der Waals surface area contributed by atoms with E-state index in [9.17, 15) is 17.6 Å². The van der Waals surface area contributed by atoms with E-state index in [0.717, 1.165) is 12.1 Å². The van der Waals surface area contributed by atoms with Crippen LogP contribution in [0.1, 0.15) is 6.42 Å². The van der Waals surface area contributed by atoms with Gasteiger partial charge in [-0.2, -0.15) is 0 Å². The lowest BCUT2D eigenvalue weighted by Crippen LogP contribution is -2.31. The molecular weight excluding hydrogens is 375 g/mol. The topological polar surface area (TPSA) is 84.9 Å². The molecule has 1 saturated heterocycles. The summed E-state index contributed by atoms with van der Waals surface area (Å²) in [5.74, 6) is 0.461. The zero-order chi connectivity index (χ0) is 19.0. The molecule has 2 aromatic rings. The number of rotatable bonds is 5. The molecule has 0 radical (unpaired) electrons. The van der Waals surface area contributed by atoms with Crippen molar-refractivity contribution < 1.29 is 27.1 Å². The third kappa shape index (κ3) is 3.60. The number of anilines is 1. The Morgan fingerprint density at radius 2 is 1.85 bits per heavy atom. The zero-order valence-corrected chi connectivity index (χ0v) is 15.0. The fourth-order valence-corrected chi connectivity index (χ4v) is 4.26. The Balaban J connectivity index is 1.41. The predicted octanol–water partition coefficient (Wildman–Crippen LogP) is 1.89. The van der Waals surface area contributed by atoms with E-state index in [-0.39, 0.29) is 36.5 Å². The molecule has 0 aromatic heterocycles. The fraction of sp³-hybridized carbons (Fsp3) is 0.278.